The van der Waals surface area contributed by atoms with Gasteiger partial charge in [-0.15, -0.1) is 0 Å². The zero-order chi connectivity index (χ0) is 16.7. The van der Waals surface area contributed by atoms with Crippen LogP contribution < -0.4 is 9.47 Å². The Kier molecular flexibility index (Phi) is 3.57. The fourth-order valence-electron chi connectivity index (χ4n) is 2.34. The Hall–Kier alpha value is -2.67. The van der Waals surface area contributed by atoms with E-state index in [1.165, 1.54) is 18.2 Å². The number of hydrogen-bond donors (Lipinski definition) is 0. The Balaban J connectivity index is 1.71. The summed E-state index contributed by atoms with van der Waals surface area (Å²) in [5, 5.41) is 0. The molecule has 4 rings (SSSR count). The highest BCUT2D eigenvalue weighted by molar-refractivity contribution is 9.10. The van der Waals surface area contributed by atoms with Crippen molar-refractivity contribution in [3.05, 3.63) is 63.5 Å². The maximum absolute atomic E-state index is 13.3. The van der Waals surface area contributed by atoms with Crippen molar-refractivity contribution in [3.63, 3.8) is 0 Å². The number of ether oxygens (including phenoxy) is 3. The zero-order valence-electron chi connectivity index (χ0n) is 12.1. The first-order chi connectivity index (χ1) is 11.6. The predicted octanol–water partition coefficient (Wildman–Crippen LogP) is 3.66. The summed E-state index contributed by atoms with van der Waals surface area (Å²) < 4.78 is 29.8. The molecule has 0 saturated heterocycles. The van der Waals surface area contributed by atoms with Gasteiger partial charge in [-0.3, -0.25) is 0 Å². The third-order valence-corrected chi connectivity index (χ3v) is 4.16. The molecule has 0 spiro atoms. The van der Waals surface area contributed by atoms with Crippen LogP contribution in [0.15, 0.2) is 51.6 Å². The lowest BCUT2D eigenvalue weighted by Crippen LogP contribution is -2.05. The average Bonchev–Trinajstić information content (AvgIpc) is 3.14. The molecule has 0 aromatic heterocycles. The summed E-state index contributed by atoms with van der Waals surface area (Å²) in [5.74, 6) is 0.261. The first-order valence-electron chi connectivity index (χ1n) is 6.98. The number of carbonyl (C=O) groups is 1. The second kappa shape index (κ2) is 5.76. The van der Waals surface area contributed by atoms with Gasteiger partial charge in [0, 0.05) is 10.0 Å². The summed E-state index contributed by atoms with van der Waals surface area (Å²) in [7, 11) is 0. The molecule has 0 fully saturated rings. The molecule has 7 heteroatoms. The van der Waals surface area contributed by atoms with Crippen molar-refractivity contribution in [2.75, 3.05) is 6.79 Å². The number of hydrogen-bond acceptors (Lipinski definition) is 5. The largest absolute Gasteiger partial charge is 0.454 e. The molecule has 0 radical (unpaired) electrons. The lowest BCUT2D eigenvalue weighted by atomic mass is 10.1. The van der Waals surface area contributed by atoms with Gasteiger partial charge in [-0.2, -0.15) is 0 Å². The number of halogens is 2. The van der Waals surface area contributed by atoms with Gasteiger partial charge in [0.2, 0.25) is 12.7 Å². The lowest BCUT2D eigenvalue weighted by Gasteiger charge is -2.02. The molecule has 5 nitrogen and oxygen atoms in total. The molecule has 0 amide bonds. The molecule has 24 heavy (non-hydrogen) atoms. The van der Waals surface area contributed by atoms with Crippen LogP contribution in [0.3, 0.4) is 0 Å². The molecule has 2 aromatic carbocycles. The van der Waals surface area contributed by atoms with Crippen LogP contribution in [-0.4, -0.2) is 18.7 Å². The first-order valence-corrected chi connectivity index (χ1v) is 7.77. The number of carbonyl (C=O) groups excluding carboxylic acids is 1. The molecule has 0 unspecified atom stereocenters. The Bertz CT molecular complexity index is 923. The van der Waals surface area contributed by atoms with E-state index in [9.17, 15) is 9.18 Å². The van der Waals surface area contributed by atoms with E-state index in [-0.39, 0.29) is 18.4 Å². The summed E-state index contributed by atoms with van der Waals surface area (Å²) in [6, 6.07) is 9.20. The van der Waals surface area contributed by atoms with E-state index in [2.05, 4.69) is 20.9 Å². The van der Waals surface area contributed by atoms with Crippen LogP contribution in [0.25, 0.3) is 6.08 Å². The van der Waals surface area contributed by atoms with Crippen molar-refractivity contribution < 1.29 is 23.4 Å². The van der Waals surface area contributed by atoms with Crippen LogP contribution in [0.4, 0.5) is 4.39 Å². The molecule has 120 valence electrons. The number of nitrogens with zero attached hydrogens (tertiary/aromatic N) is 1. The molecule has 2 heterocycles. The minimum atomic E-state index is -0.598. The summed E-state index contributed by atoms with van der Waals surface area (Å²) in [4.78, 5) is 16.2. The maximum Gasteiger partial charge on any atom is 0.363 e. The van der Waals surface area contributed by atoms with Crippen molar-refractivity contribution in [1.29, 1.82) is 0 Å². The van der Waals surface area contributed by atoms with Crippen LogP contribution in [0.2, 0.25) is 0 Å². The highest BCUT2D eigenvalue weighted by Gasteiger charge is 2.25. The molecule has 0 aliphatic carbocycles. The molecule has 0 atom stereocenters. The Morgan fingerprint density at radius 3 is 2.75 bits per heavy atom. The van der Waals surface area contributed by atoms with E-state index in [1.807, 2.05) is 0 Å². The summed E-state index contributed by atoms with van der Waals surface area (Å²) >= 11 is 3.42. The molecule has 0 N–H and O–H groups in total. The van der Waals surface area contributed by atoms with Crippen LogP contribution in [0, 0.1) is 5.82 Å². The topological polar surface area (TPSA) is 57.1 Å². The first kappa shape index (κ1) is 14.9. The third kappa shape index (κ3) is 2.67. The van der Waals surface area contributed by atoms with Gasteiger partial charge in [-0.05, 0) is 42.0 Å². The van der Waals surface area contributed by atoms with Gasteiger partial charge in [0.1, 0.15) is 5.82 Å². The van der Waals surface area contributed by atoms with Gasteiger partial charge in [-0.25, -0.2) is 14.2 Å². The molecule has 0 bridgehead atoms. The van der Waals surface area contributed by atoms with Gasteiger partial charge >= 0.3 is 5.97 Å². The summed E-state index contributed by atoms with van der Waals surface area (Å²) in [6.07, 6.45) is 1.57. The van der Waals surface area contributed by atoms with Crippen molar-refractivity contribution in [1.82, 2.24) is 0 Å². The summed E-state index contributed by atoms with van der Waals surface area (Å²) in [5.41, 5.74) is 1.21. The molecule has 2 aliphatic heterocycles. The maximum atomic E-state index is 13.3. The van der Waals surface area contributed by atoms with Gasteiger partial charge in [-0.1, -0.05) is 22.0 Å². The Morgan fingerprint density at radius 2 is 1.96 bits per heavy atom. The molecule has 0 saturated carbocycles. The monoisotopic (exact) mass is 389 g/mol. The summed E-state index contributed by atoms with van der Waals surface area (Å²) in [6.45, 7) is 0.158. The number of aliphatic imine (C=N–C) groups is 1. The molecular formula is C17H9BrFNO4. The quantitative estimate of drug-likeness (QED) is 0.580. The van der Waals surface area contributed by atoms with Crippen molar-refractivity contribution in [2.45, 2.75) is 0 Å². The Labute approximate surface area is 144 Å². The van der Waals surface area contributed by atoms with E-state index in [1.54, 1.807) is 24.3 Å². The van der Waals surface area contributed by atoms with Crippen molar-refractivity contribution in [3.8, 4) is 11.5 Å². The fourth-order valence-corrected chi connectivity index (χ4v) is 2.78. The highest BCUT2D eigenvalue weighted by Crippen LogP contribution is 2.38. The van der Waals surface area contributed by atoms with Gasteiger partial charge in [0.05, 0.1) is 0 Å². The number of fused-ring (bicyclic) bond motifs is 1. The predicted molar refractivity (Wildman–Crippen MR) is 87.3 cm³/mol. The SMILES string of the molecule is O=C1OC(c2cccc(F)c2)=NC1=Cc1cc2c(cc1Br)OCO2. The van der Waals surface area contributed by atoms with Crippen molar-refractivity contribution in [2.24, 2.45) is 4.99 Å². The van der Waals surface area contributed by atoms with Gasteiger partial charge < -0.3 is 14.2 Å². The average molecular weight is 390 g/mol. The smallest absolute Gasteiger partial charge is 0.363 e. The molecule has 2 aromatic rings. The molecular weight excluding hydrogens is 381 g/mol. The number of rotatable bonds is 2. The van der Waals surface area contributed by atoms with Crippen LogP contribution in [0.5, 0.6) is 11.5 Å². The highest BCUT2D eigenvalue weighted by atomic mass is 79.9. The molecule has 2 aliphatic rings. The van der Waals surface area contributed by atoms with Crippen molar-refractivity contribution >= 4 is 33.9 Å². The van der Waals surface area contributed by atoms with E-state index in [4.69, 9.17) is 14.2 Å². The lowest BCUT2D eigenvalue weighted by molar-refractivity contribution is -0.129. The third-order valence-electron chi connectivity index (χ3n) is 3.48. The number of benzene rings is 2. The normalized spacial score (nSPS) is 17.2. The van der Waals surface area contributed by atoms with E-state index in [0.29, 0.717) is 22.6 Å². The number of cyclic esters (lactones) is 1. The standard InChI is InChI=1S/C17H9BrFNO4/c18-12-7-15-14(22-8-23-15)6-10(12)5-13-17(21)24-16(20-13)9-2-1-3-11(19)4-9/h1-7H,8H2. The van der Waals surface area contributed by atoms with Crippen LogP contribution in [0.1, 0.15) is 11.1 Å². The minimum absolute atomic E-state index is 0.0719. The Morgan fingerprint density at radius 1 is 1.17 bits per heavy atom. The van der Waals surface area contributed by atoms with E-state index >= 15 is 0 Å². The minimum Gasteiger partial charge on any atom is -0.454 e. The van der Waals surface area contributed by atoms with Crippen LogP contribution in [-0.2, 0) is 9.53 Å². The van der Waals surface area contributed by atoms with Gasteiger partial charge in [0.25, 0.3) is 0 Å². The van der Waals surface area contributed by atoms with Gasteiger partial charge in [0.15, 0.2) is 17.2 Å². The van der Waals surface area contributed by atoms with E-state index < -0.39 is 11.8 Å². The second-order valence-corrected chi connectivity index (χ2v) is 5.93. The number of esters is 1. The van der Waals surface area contributed by atoms with Crippen LogP contribution >= 0.6 is 15.9 Å². The second-order valence-electron chi connectivity index (χ2n) is 5.07. The fraction of sp³-hybridized carbons (Fsp3) is 0.0588. The van der Waals surface area contributed by atoms with E-state index in [0.717, 1.165) is 4.47 Å². The zero-order valence-corrected chi connectivity index (χ0v) is 13.7.